The Morgan fingerprint density at radius 2 is 1.35 bits per heavy atom. The van der Waals surface area contributed by atoms with E-state index in [1.165, 1.54) is 17.2 Å². The van der Waals surface area contributed by atoms with Crippen LogP contribution in [0.5, 0.6) is 0 Å². The summed E-state index contributed by atoms with van der Waals surface area (Å²) < 4.78 is 16.4. The average Bonchev–Trinajstić information content (AvgIpc) is 3.33. The van der Waals surface area contributed by atoms with Gasteiger partial charge in [-0.2, -0.15) is 0 Å². The molecule has 0 N–H and O–H groups in total. The van der Waals surface area contributed by atoms with Crippen molar-refractivity contribution >= 4 is 16.8 Å². The fourth-order valence-electron chi connectivity index (χ4n) is 6.20. The van der Waals surface area contributed by atoms with E-state index in [-0.39, 0.29) is 23.7 Å². The molecular weight excluding hydrogens is 497 g/mol. The van der Waals surface area contributed by atoms with Crippen LogP contribution in [0.2, 0.25) is 0 Å². The van der Waals surface area contributed by atoms with Crippen LogP contribution in [-0.2, 0) is 11.8 Å². The lowest BCUT2D eigenvalue weighted by Crippen LogP contribution is -2.50. The number of hydrogen-bond donors (Lipinski definition) is 0. The minimum atomic E-state index is -0.281. The van der Waals surface area contributed by atoms with Gasteiger partial charge in [0.05, 0.1) is 6.04 Å². The minimum absolute atomic E-state index is 0.109. The summed E-state index contributed by atoms with van der Waals surface area (Å²) in [5, 5.41) is 1.10. The van der Waals surface area contributed by atoms with E-state index >= 15 is 0 Å². The van der Waals surface area contributed by atoms with Crippen molar-refractivity contribution in [3.05, 3.63) is 143 Å². The van der Waals surface area contributed by atoms with Crippen molar-refractivity contribution in [2.45, 2.75) is 18.4 Å². The van der Waals surface area contributed by atoms with Gasteiger partial charge in [0.25, 0.3) is 0 Å². The molecule has 202 valence electrons. The quantitative estimate of drug-likeness (QED) is 0.232. The molecule has 1 aliphatic rings. The van der Waals surface area contributed by atoms with Crippen molar-refractivity contribution in [1.82, 2.24) is 14.4 Å². The molecule has 5 aromatic rings. The lowest BCUT2D eigenvalue weighted by atomic mass is 9.87. The fourth-order valence-corrected chi connectivity index (χ4v) is 6.20. The first-order chi connectivity index (χ1) is 19.6. The van der Waals surface area contributed by atoms with Gasteiger partial charge in [-0.15, -0.1) is 0 Å². The first-order valence-corrected chi connectivity index (χ1v) is 14.0. The predicted molar refractivity (Wildman–Crippen MR) is 159 cm³/mol. The maximum Gasteiger partial charge on any atom is 0.223 e. The first-order valence-electron chi connectivity index (χ1n) is 14.0. The van der Waals surface area contributed by atoms with E-state index in [1.807, 2.05) is 42.3 Å². The average molecular weight is 532 g/mol. The van der Waals surface area contributed by atoms with Crippen molar-refractivity contribution in [3.8, 4) is 0 Å². The predicted octanol–water partition coefficient (Wildman–Crippen LogP) is 6.77. The molecular formula is C35H34FN3O. The topological polar surface area (TPSA) is 28.5 Å². The molecule has 1 atom stereocenters. The van der Waals surface area contributed by atoms with Crippen molar-refractivity contribution in [1.29, 1.82) is 0 Å². The van der Waals surface area contributed by atoms with Crippen LogP contribution in [-0.4, -0.2) is 46.5 Å². The number of para-hydroxylation sites is 1. The normalized spacial score (nSPS) is 15.0. The summed E-state index contributed by atoms with van der Waals surface area (Å²) >= 11 is 0. The largest absolute Gasteiger partial charge is 0.350 e. The lowest BCUT2D eigenvalue weighted by molar-refractivity contribution is -0.133. The third kappa shape index (κ3) is 5.30. The number of fused-ring (bicyclic) bond motifs is 1. The molecule has 1 amide bonds. The number of aromatic nitrogens is 1. The zero-order chi connectivity index (χ0) is 27.5. The number of carbonyl (C=O) groups is 1. The fraction of sp³-hybridized carbons (Fsp3) is 0.229. The zero-order valence-electron chi connectivity index (χ0n) is 22.8. The number of carbonyl (C=O) groups excluding carboxylic acids is 1. The van der Waals surface area contributed by atoms with E-state index in [9.17, 15) is 9.18 Å². The summed E-state index contributed by atoms with van der Waals surface area (Å²) in [5.74, 6) is -0.400. The molecule has 0 spiro atoms. The van der Waals surface area contributed by atoms with Gasteiger partial charge in [-0.3, -0.25) is 9.69 Å². The highest BCUT2D eigenvalue weighted by Gasteiger charge is 2.30. The molecule has 0 bridgehead atoms. The third-order valence-electron chi connectivity index (χ3n) is 8.20. The zero-order valence-corrected chi connectivity index (χ0v) is 22.8. The molecule has 0 radical (unpaired) electrons. The van der Waals surface area contributed by atoms with Crippen LogP contribution < -0.4 is 0 Å². The highest BCUT2D eigenvalue weighted by Crippen LogP contribution is 2.36. The lowest BCUT2D eigenvalue weighted by Gasteiger charge is -2.40. The van der Waals surface area contributed by atoms with Crippen molar-refractivity contribution in [2.75, 3.05) is 26.2 Å². The Hall–Kier alpha value is -4.22. The first kappa shape index (κ1) is 26.0. The van der Waals surface area contributed by atoms with E-state index in [4.69, 9.17) is 0 Å². The second-order valence-corrected chi connectivity index (χ2v) is 10.7. The van der Waals surface area contributed by atoms with Crippen LogP contribution in [0, 0.1) is 5.82 Å². The molecule has 1 fully saturated rings. The summed E-state index contributed by atoms with van der Waals surface area (Å²) in [7, 11) is 2.02. The van der Waals surface area contributed by atoms with Gasteiger partial charge in [-0.1, -0.05) is 91.0 Å². The molecule has 0 saturated carbocycles. The van der Waals surface area contributed by atoms with E-state index in [0.29, 0.717) is 19.5 Å². The highest BCUT2D eigenvalue weighted by molar-refractivity contribution is 5.86. The summed E-state index contributed by atoms with van der Waals surface area (Å²) in [6, 6.07) is 36.2. The number of rotatable bonds is 7. The maximum absolute atomic E-state index is 14.3. The Morgan fingerprint density at radius 1 is 0.750 bits per heavy atom. The maximum atomic E-state index is 14.3. The van der Waals surface area contributed by atoms with Crippen LogP contribution >= 0.6 is 0 Å². The molecule has 40 heavy (non-hydrogen) atoms. The van der Waals surface area contributed by atoms with Gasteiger partial charge in [0.2, 0.25) is 5.91 Å². The van der Waals surface area contributed by atoms with Crippen molar-refractivity contribution in [2.24, 2.45) is 7.05 Å². The number of amides is 1. The monoisotopic (exact) mass is 531 g/mol. The number of hydrogen-bond acceptors (Lipinski definition) is 2. The van der Waals surface area contributed by atoms with Gasteiger partial charge >= 0.3 is 0 Å². The molecule has 0 aliphatic carbocycles. The summed E-state index contributed by atoms with van der Waals surface area (Å²) in [4.78, 5) is 18.3. The van der Waals surface area contributed by atoms with Crippen molar-refractivity contribution < 1.29 is 9.18 Å². The summed E-state index contributed by atoms with van der Waals surface area (Å²) in [5.41, 5.74) is 5.51. The summed E-state index contributed by atoms with van der Waals surface area (Å²) in [6.45, 7) is 2.92. The number of halogens is 1. The highest BCUT2D eigenvalue weighted by atomic mass is 19.1. The van der Waals surface area contributed by atoms with E-state index in [2.05, 4.69) is 76.3 Å². The molecule has 4 aromatic carbocycles. The Kier molecular flexibility index (Phi) is 7.47. The van der Waals surface area contributed by atoms with Gasteiger partial charge in [0.1, 0.15) is 5.82 Å². The van der Waals surface area contributed by atoms with Crippen LogP contribution in [0.3, 0.4) is 0 Å². The van der Waals surface area contributed by atoms with Gasteiger partial charge in [-0.25, -0.2) is 4.39 Å². The van der Waals surface area contributed by atoms with Crippen molar-refractivity contribution in [3.63, 3.8) is 0 Å². The van der Waals surface area contributed by atoms with Crippen LogP contribution in [0.15, 0.2) is 115 Å². The Morgan fingerprint density at radius 3 is 2.00 bits per heavy atom. The Labute approximate surface area is 235 Å². The molecule has 1 aromatic heterocycles. The second-order valence-electron chi connectivity index (χ2n) is 10.7. The standard InChI is InChI=1S/C35H34FN3O/c1-37-25-32(30-17-8-9-18-33(30)37)31(28-15-10-16-29(36)23-28)24-34(40)38-19-21-39(22-20-38)35(26-11-4-2-5-12-26)27-13-6-3-7-14-27/h2-18,23,25,31,35H,19-22,24H2,1H3/t31-/m1/s1. The van der Waals surface area contributed by atoms with Crippen LogP contribution in [0.1, 0.15) is 40.6 Å². The van der Waals surface area contributed by atoms with E-state index in [0.717, 1.165) is 35.1 Å². The van der Waals surface area contributed by atoms with E-state index < -0.39 is 0 Å². The smallest absolute Gasteiger partial charge is 0.223 e. The summed E-state index contributed by atoms with van der Waals surface area (Å²) in [6.07, 6.45) is 2.40. The third-order valence-corrected chi connectivity index (χ3v) is 8.20. The number of nitrogens with zero attached hydrogens (tertiary/aromatic N) is 3. The van der Waals surface area contributed by atoms with E-state index in [1.54, 1.807) is 12.1 Å². The molecule has 1 aliphatic heterocycles. The Balaban J connectivity index is 1.23. The molecule has 1 saturated heterocycles. The van der Waals surface area contributed by atoms with Crippen LogP contribution in [0.25, 0.3) is 10.9 Å². The molecule has 6 rings (SSSR count). The number of piperazine rings is 1. The van der Waals surface area contributed by atoms with Gasteiger partial charge < -0.3 is 9.47 Å². The Bertz CT molecular complexity index is 1550. The second kappa shape index (κ2) is 11.5. The number of aryl methyl sites for hydroxylation is 1. The SMILES string of the molecule is Cn1cc([C@H](CC(=O)N2CCN(C(c3ccccc3)c3ccccc3)CC2)c2cccc(F)c2)c2ccccc21. The van der Waals surface area contributed by atoms with Gasteiger partial charge in [0.15, 0.2) is 0 Å². The van der Waals surface area contributed by atoms with Gasteiger partial charge in [-0.05, 0) is 40.5 Å². The van der Waals surface area contributed by atoms with Gasteiger partial charge in [0, 0.05) is 62.7 Å². The number of benzene rings is 4. The van der Waals surface area contributed by atoms with Crippen LogP contribution in [0.4, 0.5) is 4.39 Å². The molecule has 4 nitrogen and oxygen atoms in total. The molecule has 5 heteroatoms. The molecule has 2 heterocycles. The molecule has 0 unspecified atom stereocenters. The minimum Gasteiger partial charge on any atom is -0.350 e.